The van der Waals surface area contributed by atoms with Gasteiger partial charge in [-0.3, -0.25) is 4.79 Å². The molecule has 0 aliphatic carbocycles. The first kappa shape index (κ1) is 14.1. The maximum atomic E-state index is 12.1. The fourth-order valence-corrected chi connectivity index (χ4v) is 2.10. The van der Waals surface area contributed by atoms with Crippen LogP contribution >= 0.6 is 11.8 Å². The van der Waals surface area contributed by atoms with E-state index in [1.54, 1.807) is 11.8 Å². The summed E-state index contributed by atoms with van der Waals surface area (Å²) >= 11 is 1.64. The van der Waals surface area contributed by atoms with Crippen LogP contribution in [0.3, 0.4) is 0 Å². The van der Waals surface area contributed by atoms with Gasteiger partial charge >= 0.3 is 0 Å². The van der Waals surface area contributed by atoms with Gasteiger partial charge < -0.3 is 4.74 Å². The fourth-order valence-electron chi connectivity index (χ4n) is 1.56. The van der Waals surface area contributed by atoms with Crippen molar-refractivity contribution in [1.82, 2.24) is 0 Å². The predicted molar refractivity (Wildman–Crippen MR) is 74.4 cm³/mol. The Kier molecular flexibility index (Phi) is 5.56. The minimum absolute atomic E-state index is 0.156. The molecule has 0 amide bonds. The average Bonchev–Trinajstić information content (AvgIpc) is 2.30. The van der Waals surface area contributed by atoms with Gasteiger partial charge in [0.15, 0.2) is 5.78 Å². The lowest BCUT2D eigenvalue weighted by molar-refractivity contribution is 0.101. The van der Waals surface area contributed by atoms with E-state index in [-0.39, 0.29) is 5.78 Å². The maximum Gasteiger partial charge on any atom is 0.176 e. The Bertz CT molecular complexity index is 399. The highest BCUT2D eigenvalue weighted by atomic mass is 32.2. The Morgan fingerprint density at radius 3 is 2.47 bits per heavy atom. The molecule has 94 valence electrons. The van der Waals surface area contributed by atoms with E-state index in [0.717, 1.165) is 28.2 Å². The molecule has 2 nitrogen and oxygen atoms in total. The summed E-state index contributed by atoms with van der Waals surface area (Å²) in [4.78, 5) is 12.1. The Morgan fingerprint density at radius 1 is 1.24 bits per heavy atom. The largest absolute Gasteiger partial charge is 0.493 e. The average molecular weight is 252 g/mol. The summed E-state index contributed by atoms with van der Waals surface area (Å²) < 4.78 is 5.54. The summed E-state index contributed by atoms with van der Waals surface area (Å²) in [7, 11) is 0. The maximum absolute atomic E-state index is 12.1. The van der Waals surface area contributed by atoms with Gasteiger partial charge in [-0.25, -0.2) is 0 Å². The number of rotatable bonds is 6. The van der Waals surface area contributed by atoms with Crippen LogP contribution in [-0.2, 0) is 0 Å². The van der Waals surface area contributed by atoms with E-state index in [2.05, 4.69) is 6.92 Å². The number of ketones is 1. The third-order valence-corrected chi connectivity index (χ3v) is 3.51. The number of benzene rings is 1. The highest BCUT2D eigenvalue weighted by Gasteiger charge is 2.13. The molecule has 0 unspecified atom stereocenters. The number of Topliss-reactive ketones (excluding diaryl/α,β-unsaturated/α-hetero) is 1. The van der Waals surface area contributed by atoms with Crippen LogP contribution in [0.5, 0.6) is 5.75 Å². The van der Waals surface area contributed by atoms with Gasteiger partial charge in [0.1, 0.15) is 5.75 Å². The molecular formula is C14H20O2S. The summed E-state index contributed by atoms with van der Waals surface area (Å²) in [5, 5.41) is 0. The van der Waals surface area contributed by atoms with Crippen molar-refractivity contribution in [2.75, 3.05) is 18.1 Å². The Hall–Kier alpha value is -0.960. The van der Waals surface area contributed by atoms with Gasteiger partial charge in [-0.15, -0.1) is 0 Å². The van der Waals surface area contributed by atoms with Crippen molar-refractivity contribution in [1.29, 1.82) is 0 Å². The van der Waals surface area contributed by atoms with Crippen LogP contribution in [0.4, 0.5) is 0 Å². The molecular weight excluding hydrogens is 232 g/mol. The molecule has 3 heteroatoms. The SMILES string of the molecule is CCOc1cc(C)c(C)cc1C(=O)CSCC. The van der Waals surface area contributed by atoms with Crippen molar-refractivity contribution in [2.24, 2.45) is 0 Å². The first-order valence-electron chi connectivity index (χ1n) is 5.95. The van der Waals surface area contributed by atoms with Gasteiger partial charge in [0.05, 0.1) is 17.9 Å². The first-order chi connectivity index (χ1) is 8.10. The molecule has 17 heavy (non-hydrogen) atoms. The number of carbonyl (C=O) groups is 1. The second kappa shape index (κ2) is 6.70. The van der Waals surface area contributed by atoms with Crippen LogP contribution in [0.15, 0.2) is 12.1 Å². The molecule has 0 N–H and O–H groups in total. The van der Waals surface area contributed by atoms with Crippen molar-refractivity contribution in [3.63, 3.8) is 0 Å². The van der Waals surface area contributed by atoms with Gasteiger partial charge in [-0.05, 0) is 49.8 Å². The summed E-state index contributed by atoms with van der Waals surface area (Å²) in [5.74, 6) is 2.36. The minimum Gasteiger partial charge on any atom is -0.493 e. The van der Waals surface area contributed by atoms with E-state index >= 15 is 0 Å². The van der Waals surface area contributed by atoms with E-state index < -0.39 is 0 Å². The van der Waals surface area contributed by atoms with Gasteiger partial charge in [0.2, 0.25) is 0 Å². The molecule has 0 radical (unpaired) electrons. The quantitative estimate of drug-likeness (QED) is 0.723. The number of thioether (sulfide) groups is 1. The second-order valence-electron chi connectivity index (χ2n) is 3.93. The number of aryl methyl sites for hydroxylation is 2. The minimum atomic E-state index is 0.156. The van der Waals surface area contributed by atoms with Crippen LogP contribution < -0.4 is 4.74 Å². The molecule has 0 aromatic heterocycles. The lowest BCUT2D eigenvalue weighted by Gasteiger charge is -2.12. The second-order valence-corrected chi connectivity index (χ2v) is 5.20. The molecule has 0 spiro atoms. The lowest BCUT2D eigenvalue weighted by Crippen LogP contribution is -2.07. The van der Waals surface area contributed by atoms with Crippen LogP contribution in [0.2, 0.25) is 0 Å². The van der Waals surface area contributed by atoms with Crippen molar-refractivity contribution in [2.45, 2.75) is 27.7 Å². The Balaban J connectivity index is 3.02. The smallest absolute Gasteiger partial charge is 0.176 e. The van der Waals surface area contributed by atoms with E-state index in [0.29, 0.717) is 12.4 Å². The van der Waals surface area contributed by atoms with E-state index in [1.165, 1.54) is 0 Å². The third-order valence-electron chi connectivity index (χ3n) is 2.63. The normalized spacial score (nSPS) is 10.4. The molecule has 0 aliphatic heterocycles. The summed E-state index contributed by atoms with van der Waals surface area (Å²) in [6.07, 6.45) is 0. The highest BCUT2D eigenvalue weighted by Crippen LogP contribution is 2.24. The third kappa shape index (κ3) is 3.77. The van der Waals surface area contributed by atoms with Crippen molar-refractivity contribution in [3.8, 4) is 5.75 Å². The first-order valence-corrected chi connectivity index (χ1v) is 7.10. The van der Waals surface area contributed by atoms with E-state index in [9.17, 15) is 4.79 Å². The van der Waals surface area contributed by atoms with Crippen molar-refractivity contribution in [3.05, 3.63) is 28.8 Å². The van der Waals surface area contributed by atoms with E-state index in [1.807, 2.05) is 32.9 Å². The van der Waals surface area contributed by atoms with Crippen LogP contribution in [-0.4, -0.2) is 23.9 Å². The zero-order valence-electron chi connectivity index (χ0n) is 11.0. The fraction of sp³-hybridized carbons (Fsp3) is 0.500. The zero-order valence-corrected chi connectivity index (χ0v) is 11.8. The molecule has 0 saturated heterocycles. The molecule has 0 saturated carbocycles. The van der Waals surface area contributed by atoms with Crippen LogP contribution in [0.25, 0.3) is 0 Å². The van der Waals surface area contributed by atoms with Crippen molar-refractivity contribution < 1.29 is 9.53 Å². The Labute approximate surface area is 108 Å². The van der Waals surface area contributed by atoms with Gasteiger partial charge in [0.25, 0.3) is 0 Å². The van der Waals surface area contributed by atoms with Crippen LogP contribution in [0.1, 0.15) is 35.3 Å². The molecule has 0 fully saturated rings. The highest BCUT2D eigenvalue weighted by molar-refractivity contribution is 7.99. The molecule has 1 rings (SSSR count). The van der Waals surface area contributed by atoms with E-state index in [4.69, 9.17) is 4.74 Å². The molecule has 0 atom stereocenters. The summed E-state index contributed by atoms with van der Waals surface area (Å²) in [6.45, 7) is 8.64. The molecule has 0 aliphatic rings. The monoisotopic (exact) mass is 252 g/mol. The molecule has 0 bridgehead atoms. The molecule has 0 heterocycles. The number of carbonyl (C=O) groups excluding carboxylic acids is 1. The van der Waals surface area contributed by atoms with Crippen LogP contribution in [0, 0.1) is 13.8 Å². The summed E-state index contributed by atoms with van der Waals surface area (Å²) in [5.41, 5.74) is 3.02. The van der Waals surface area contributed by atoms with Gasteiger partial charge in [-0.2, -0.15) is 11.8 Å². The summed E-state index contributed by atoms with van der Waals surface area (Å²) in [6, 6.07) is 3.90. The zero-order chi connectivity index (χ0) is 12.8. The lowest BCUT2D eigenvalue weighted by atomic mass is 10.0. The Morgan fingerprint density at radius 2 is 1.88 bits per heavy atom. The van der Waals surface area contributed by atoms with Crippen molar-refractivity contribution >= 4 is 17.5 Å². The molecule has 1 aromatic carbocycles. The number of ether oxygens (including phenoxy) is 1. The van der Waals surface area contributed by atoms with Gasteiger partial charge in [-0.1, -0.05) is 6.92 Å². The number of hydrogen-bond acceptors (Lipinski definition) is 3. The predicted octanol–water partition coefficient (Wildman–Crippen LogP) is 3.64. The van der Waals surface area contributed by atoms with Gasteiger partial charge in [0, 0.05) is 0 Å². The standard InChI is InChI=1S/C14H20O2S/c1-5-16-14-8-11(4)10(3)7-12(14)13(15)9-17-6-2/h7-8H,5-6,9H2,1-4H3. The topological polar surface area (TPSA) is 26.3 Å². The number of hydrogen-bond donors (Lipinski definition) is 0. The molecule has 1 aromatic rings.